The van der Waals surface area contributed by atoms with E-state index in [9.17, 15) is 28.8 Å². The normalized spacial score (nSPS) is 42.9. The summed E-state index contributed by atoms with van der Waals surface area (Å²) in [5, 5.41) is 2.78. The first-order valence-electron chi connectivity index (χ1n) is 23.2. The summed E-state index contributed by atoms with van der Waals surface area (Å²) in [6.45, 7) is 23.9. The van der Waals surface area contributed by atoms with E-state index in [-0.39, 0.29) is 44.2 Å². The maximum absolute atomic E-state index is 15.0. The number of ether oxygens (including phenoxy) is 10. The van der Waals surface area contributed by atoms with Gasteiger partial charge in [-0.1, -0.05) is 34.3 Å². The molecular weight excluding hydrogens is 863 g/mol. The first-order chi connectivity index (χ1) is 30.7. The molecule has 2 bridgehead atoms. The monoisotopic (exact) mass is 938 g/mol. The van der Waals surface area contributed by atoms with Gasteiger partial charge in [-0.2, -0.15) is 0 Å². The number of Topliss-reactive ketones (excluding diaryl/α,β-unsaturated/α-hetero) is 1. The Morgan fingerprint density at radius 2 is 1.53 bits per heavy atom. The van der Waals surface area contributed by atoms with Crippen LogP contribution in [0.4, 0.5) is 9.59 Å². The minimum atomic E-state index is -1.74. The third-order valence-corrected chi connectivity index (χ3v) is 14.4. The van der Waals surface area contributed by atoms with E-state index in [2.05, 4.69) is 11.9 Å². The van der Waals surface area contributed by atoms with Crippen molar-refractivity contribution in [2.45, 2.75) is 193 Å². The maximum Gasteiger partial charge on any atom is 0.411 e. The zero-order chi connectivity index (χ0) is 49.4. The van der Waals surface area contributed by atoms with E-state index in [1.165, 1.54) is 25.9 Å². The van der Waals surface area contributed by atoms with Gasteiger partial charge < -0.3 is 57.6 Å². The highest BCUT2D eigenvalue weighted by atomic mass is 16.7. The number of methoxy groups -OCH3 is 1. The summed E-state index contributed by atoms with van der Waals surface area (Å²) < 4.78 is 63.7. The number of likely N-dealkylation sites (N-methyl/N-ethyl adjacent to an activating group) is 1. The molecule has 5 saturated heterocycles. The Labute approximate surface area is 389 Å². The van der Waals surface area contributed by atoms with Gasteiger partial charge in [-0.25, -0.2) is 9.59 Å². The van der Waals surface area contributed by atoms with Crippen LogP contribution in [-0.4, -0.2) is 164 Å². The SMILES string of the molecule is C=C1CNC(=O)O[C@]2(C)C[C@@H](C)C(=O)[C@H](C)[C@H]3N(C1)C(=O)O[C@]3(C)[C@@H](CC)OC(=O)[C@H](C)[C@@H](OC1C[C@@](C)(OC)[C@@H](OC(C)=O)[C@H](C)O1)[C@H](C)[C@H]2O[C@@H]1O[C@H](C)C[C@H](N(C)C)[C@H]1OC(C)=O. The van der Waals surface area contributed by atoms with E-state index in [4.69, 9.17) is 47.4 Å². The number of nitrogens with one attached hydrogen (secondary N) is 1. The fourth-order valence-corrected chi connectivity index (χ4v) is 11.1. The summed E-state index contributed by atoms with van der Waals surface area (Å²) in [5.41, 5.74) is -3.96. The van der Waals surface area contributed by atoms with E-state index < -0.39 is 132 Å². The van der Waals surface area contributed by atoms with Crippen LogP contribution in [0.25, 0.3) is 0 Å². The Morgan fingerprint density at radius 1 is 0.879 bits per heavy atom. The van der Waals surface area contributed by atoms with E-state index >= 15 is 0 Å². The predicted molar refractivity (Wildman–Crippen MR) is 236 cm³/mol. The van der Waals surface area contributed by atoms with E-state index in [1.54, 1.807) is 62.3 Å². The van der Waals surface area contributed by atoms with Crippen LogP contribution >= 0.6 is 0 Å². The lowest BCUT2D eigenvalue weighted by atomic mass is 9.73. The van der Waals surface area contributed by atoms with Gasteiger partial charge in [0.25, 0.3) is 0 Å². The van der Waals surface area contributed by atoms with Gasteiger partial charge in [0, 0.05) is 58.2 Å². The highest BCUT2D eigenvalue weighted by Gasteiger charge is 2.61. The van der Waals surface area contributed by atoms with Crippen molar-refractivity contribution in [2.75, 3.05) is 34.3 Å². The number of carbonyl (C=O) groups excluding carboxylic acids is 6. The van der Waals surface area contributed by atoms with Crippen molar-refractivity contribution in [1.29, 1.82) is 0 Å². The Kier molecular flexibility index (Phi) is 16.7. The maximum atomic E-state index is 15.0. The topological polar surface area (TPSA) is 213 Å². The predicted octanol–water partition coefficient (Wildman–Crippen LogP) is 4.70. The zero-order valence-electron chi connectivity index (χ0n) is 41.5. The van der Waals surface area contributed by atoms with Crippen molar-refractivity contribution in [1.82, 2.24) is 15.1 Å². The smallest absolute Gasteiger partial charge is 0.411 e. The zero-order valence-corrected chi connectivity index (χ0v) is 41.5. The van der Waals surface area contributed by atoms with Crippen LogP contribution < -0.4 is 5.32 Å². The highest BCUT2D eigenvalue weighted by Crippen LogP contribution is 2.45. The number of amides is 2. The largest absolute Gasteiger partial charge is 0.458 e. The molecule has 5 rings (SSSR count). The summed E-state index contributed by atoms with van der Waals surface area (Å²) in [6.07, 6.45) is -9.83. The van der Waals surface area contributed by atoms with Gasteiger partial charge in [0.1, 0.15) is 29.2 Å². The van der Waals surface area contributed by atoms with Crippen LogP contribution in [0, 0.1) is 23.7 Å². The number of ketones is 1. The van der Waals surface area contributed by atoms with Crippen molar-refractivity contribution >= 4 is 35.9 Å². The summed E-state index contributed by atoms with van der Waals surface area (Å²) in [5.74, 6) is -5.94. The van der Waals surface area contributed by atoms with Gasteiger partial charge in [0.15, 0.2) is 30.4 Å². The standard InChI is InChI=1S/C47H75N3O16/c1-17-33-47(13)38-26(5)35(53)24(3)19-46(12,65-43(55)48-21-23(2)22-50(38)44(56)66-47)39(64-42-37(60-30(9)51)32(49(14)15)18-25(4)58-42)27(6)36(28(7)41(54)62-33)63-34-20-45(11,57-16)40(29(8)59-34)61-31(10)52/h24-29,32-34,36-40,42H,2,17-22H2,1,3-16H3,(H,48,55)/t24-,25-,26+,27+,28-,29+,32+,33-,34?,36+,37-,38-,39-,40+,42+,45-,46-,47-/m1/s1. The van der Waals surface area contributed by atoms with E-state index in [0.29, 0.717) is 12.0 Å². The molecule has 5 fully saturated rings. The lowest BCUT2D eigenvalue weighted by Gasteiger charge is -2.50. The van der Waals surface area contributed by atoms with Crippen molar-refractivity contribution in [3.63, 3.8) is 0 Å². The molecule has 1 unspecified atom stereocenters. The molecule has 18 atom stereocenters. The molecule has 2 amide bonds. The van der Waals surface area contributed by atoms with Gasteiger partial charge >= 0.3 is 30.1 Å². The van der Waals surface area contributed by atoms with Crippen LogP contribution in [0.2, 0.25) is 0 Å². The molecule has 374 valence electrons. The molecule has 5 aliphatic rings. The Bertz CT molecular complexity index is 1830. The third-order valence-electron chi connectivity index (χ3n) is 14.4. The van der Waals surface area contributed by atoms with Gasteiger partial charge in [-0.15, -0.1) is 0 Å². The van der Waals surface area contributed by atoms with Crippen LogP contribution in [0.15, 0.2) is 12.2 Å². The number of alkyl carbamates (subject to hydrolysis) is 1. The van der Waals surface area contributed by atoms with E-state index in [0.717, 1.165) is 0 Å². The number of hydrogen-bond acceptors (Lipinski definition) is 17. The molecule has 0 radical (unpaired) electrons. The molecule has 1 N–H and O–H groups in total. The summed E-state index contributed by atoms with van der Waals surface area (Å²) in [6, 6.07) is -1.32. The number of rotatable bonds is 9. The van der Waals surface area contributed by atoms with E-state index in [1.807, 2.05) is 25.9 Å². The number of carbonyl (C=O) groups is 6. The van der Waals surface area contributed by atoms with Crippen LogP contribution in [0.1, 0.15) is 109 Å². The third kappa shape index (κ3) is 11.0. The molecule has 19 heteroatoms. The average Bonchev–Trinajstić information content (AvgIpc) is 3.48. The fourth-order valence-electron chi connectivity index (χ4n) is 11.1. The Morgan fingerprint density at radius 3 is 2.12 bits per heavy atom. The van der Waals surface area contributed by atoms with Gasteiger partial charge in [-0.05, 0) is 80.5 Å². The summed E-state index contributed by atoms with van der Waals surface area (Å²) in [4.78, 5) is 86.4. The second-order valence-electron chi connectivity index (χ2n) is 20.0. The minimum absolute atomic E-state index is 0.0389. The first-order valence-corrected chi connectivity index (χ1v) is 23.2. The number of nitrogens with zero attached hydrogens (tertiary/aromatic N) is 2. The van der Waals surface area contributed by atoms with Crippen molar-refractivity contribution in [3.05, 3.63) is 12.2 Å². The van der Waals surface area contributed by atoms with Crippen LogP contribution in [0.3, 0.4) is 0 Å². The van der Waals surface area contributed by atoms with Crippen LogP contribution in [0.5, 0.6) is 0 Å². The first kappa shape index (κ1) is 53.1. The van der Waals surface area contributed by atoms with Crippen molar-refractivity contribution in [3.8, 4) is 0 Å². The molecule has 0 aromatic rings. The number of hydrogen-bond donors (Lipinski definition) is 1. The fraction of sp³-hybridized carbons (Fsp3) is 0.830. The van der Waals surface area contributed by atoms with Crippen molar-refractivity contribution < 1.29 is 76.1 Å². The Hall–Kier alpha value is -3.88. The van der Waals surface area contributed by atoms with Gasteiger partial charge in [-0.3, -0.25) is 24.1 Å². The molecule has 5 heterocycles. The van der Waals surface area contributed by atoms with Crippen molar-refractivity contribution in [2.24, 2.45) is 23.7 Å². The Balaban J connectivity index is 1.76. The molecular formula is C47H75N3O16. The highest BCUT2D eigenvalue weighted by molar-refractivity contribution is 5.85. The molecule has 0 saturated carbocycles. The molecule has 0 aromatic carbocycles. The molecule has 0 spiro atoms. The second kappa shape index (κ2) is 20.8. The second-order valence-corrected chi connectivity index (χ2v) is 20.0. The molecule has 0 aliphatic carbocycles. The number of esters is 3. The molecule has 66 heavy (non-hydrogen) atoms. The minimum Gasteiger partial charge on any atom is -0.458 e. The molecule has 19 nitrogen and oxygen atoms in total. The van der Waals surface area contributed by atoms with Gasteiger partial charge in [0.2, 0.25) is 0 Å². The molecule has 0 aromatic heterocycles. The number of fused-ring (bicyclic) bond motifs is 4. The molecule has 5 aliphatic heterocycles. The quantitative estimate of drug-likeness (QED) is 0.189. The lowest BCUT2D eigenvalue weighted by Crippen LogP contribution is -2.62. The summed E-state index contributed by atoms with van der Waals surface area (Å²) >= 11 is 0. The lowest BCUT2D eigenvalue weighted by molar-refractivity contribution is -0.319. The number of cyclic esters (lactones) is 1. The summed E-state index contributed by atoms with van der Waals surface area (Å²) in [7, 11) is 5.20. The average molecular weight is 938 g/mol. The van der Waals surface area contributed by atoms with Crippen LogP contribution in [-0.2, 0) is 66.5 Å². The van der Waals surface area contributed by atoms with Gasteiger partial charge in [0.05, 0.1) is 36.3 Å².